The average molecular weight is 377 g/mol. The second-order valence-electron chi connectivity index (χ2n) is 6.07. The number of nitrogens with one attached hydrogen (secondary N) is 1. The Balaban J connectivity index is 1.68. The number of nitrogens with zero attached hydrogens (tertiary/aromatic N) is 1. The minimum absolute atomic E-state index is 0.147. The molecule has 0 spiro atoms. The summed E-state index contributed by atoms with van der Waals surface area (Å²) in [5, 5.41) is 5.24. The third-order valence-electron chi connectivity index (χ3n) is 4.49. The fraction of sp³-hybridized carbons (Fsp3) is 0.444. The van der Waals surface area contributed by atoms with E-state index in [2.05, 4.69) is 10.3 Å². The van der Waals surface area contributed by atoms with Crippen molar-refractivity contribution >= 4 is 22.4 Å². The molecule has 0 bridgehead atoms. The lowest BCUT2D eigenvalue weighted by Gasteiger charge is -2.26. The molecule has 1 unspecified atom stereocenters. The van der Waals surface area contributed by atoms with Gasteiger partial charge in [0.25, 0.3) is 0 Å². The fourth-order valence-electron chi connectivity index (χ4n) is 2.94. The van der Waals surface area contributed by atoms with Crippen LogP contribution in [0.4, 0.5) is 5.13 Å². The van der Waals surface area contributed by atoms with Crippen LogP contribution in [0.3, 0.4) is 0 Å². The molecule has 0 radical (unpaired) electrons. The van der Waals surface area contributed by atoms with E-state index in [1.807, 2.05) is 23.6 Å². The van der Waals surface area contributed by atoms with Crippen molar-refractivity contribution in [2.24, 2.45) is 11.7 Å². The molecular formula is C18H23N3O4S. The molecule has 1 amide bonds. The number of nitrogens with two attached hydrogens (primary N) is 1. The second-order valence-corrected chi connectivity index (χ2v) is 6.93. The molecule has 1 aromatic heterocycles. The molecule has 0 aliphatic carbocycles. The highest BCUT2D eigenvalue weighted by Gasteiger charge is 2.27. The van der Waals surface area contributed by atoms with Crippen LogP contribution in [-0.4, -0.2) is 44.4 Å². The predicted molar refractivity (Wildman–Crippen MR) is 101 cm³/mol. The number of hydrogen-bond acceptors (Lipinski definition) is 7. The smallest absolute Gasteiger partial charge is 0.243 e. The summed E-state index contributed by atoms with van der Waals surface area (Å²) in [5.41, 5.74) is 7.74. The molecule has 1 aliphatic rings. The zero-order valence-electron chi connectivity index (χ0n) is 14.9. The van der Waals surface area contributed by atoms with Crippen LogP contribution in [0, 0.1) is 5.92 Å². The second kappa shape index (κ2) is 8.48. The molecule has 8 heteroatoms. The lowest BCUT2D eigenvalue weighted by Crippen LogP contribution is -2.43. The van der Waals surface area contributed by atoms with Gasteiger partial charge in [-0.25, -0.2) is 4.98 Å². The standard InChI is InChI=1S/C18H23N3O4S/c1-23-14-4-3-12(9-15(14)24-2)13-10-26-18(20-13)21-17(22)16(19)11-5-7-25-8-6-11/h3-4,9-11,16H,5-8,19H2,1-2H3,(H,20,21,22). The maximum Gasteiger partial charge on any atom is 0.243 e. The van der Waals surface area contributed by atoms with Crippen molar-refractivity contribution in [3.05, 3.63) is 23.6 Å². The van der Waals surface area contributed by atoms with E-state index in [9.17, 15) is 4.79 Å². The number of anilines is 1. The predicted octanol–water partition coefficient (Wildman–Crippen LogP) is 2.52. The van der Waals surface area contributed by atoms with Gasteiger partial charge in [-0.3, -0.25) is 4.79 Å². The maximum absolute atomic E-state index is 12.4. The molecule has 1 saturated heterocycles. The normalized spacial score (nSPS) is 16.1. The largest absolute Gasteiger partial charge is 0.493 e. The minimum Gasteiger partial charge on any atom is -0.493 e. The number of hydrogen-bond donors (Lipinski definition) is 2. The molecule has 2 aromatic rings. The summed E-state index contributed by atoms with van der Waals surface area (Å²) in [6.45, 7) is 1.32. The SMILES string of the molecule is COc1ccc(-c2csc(NC(=O)C(N)C3CCOCC3)n2)cc1OC. The summed E-state index contributed by atoms with van der Waals surface area (Å²) in [5.74, 6) is 1.23. The first-order valence-electron chi connectivity index (χ1n) is 8.44. The van der Waals surface area contributed by atoms with Gasteiger partial charge in [-0.15, -0.1) is 11.3 Å². The molecule has 0 saturated carbocycles. The Bertz CT molecular complexity index is 759. The number of ether oxygens (including phenoxy) is 3. The van der Waals surface area contributed by atoms with E-state index in [0.717, 1.165) is 24.1 Å². The zero-order valence-corrected chi connectivity index (χ0v) is 15.7. The first-order valence-corrected chi connectivity index (χ1v) is 9.32. The quantitative estimate of drug-likeness (QED) is 0.803. The lowest BCUT2D eigenvalue weighted by atomic mass is 9.92. The van der Waals surface area contributed by atoms with Gasteiger partial charge in [0.1, 0.15) is 0 Å². The third kappa shape index (κ3) is 4.14. The number of methoxy groups -OCH3 is 2. The van der Waals surface area contributed by atoms with Crippen molar-refractivity contribution in [2.45, 2.75) is 18.9 Å². The van der Waals surface area contributed by atoms with Crippen LogP contribution in [-0.2, 0) is 9.53 Å². The highest BCUT2D eigenvalue weighted by atomic mass is 32.1. The Morgan fingerprint density at radius 2 is 2.04 bits per heavy atom. The average Bonchev–Trinajstić information content (AvgIpc) is 3.15. The fourth-order valence-corrected chi connectivity index (χ4v) is 3.66. The minimum atomic E-state index is -0.549. The van der Waals surface area contributed by atoms with Gasteiger partial charge >= 0.3 is 0 Å². The number of amides is 1. The molecule has 2 heterocycles. The van der Waals surface area contributed by atoms with Gasteiger partial charge in [0.15, 0.2) is 16.6 Å². The highest BCUT2D eigenvalue weighted by molar-refractivity contribution is 7.14. The molecule has 1 aliphatic heterocycles. The number of benzene rings is 1. The molecule has 1 aromatic carbocycles. The van der Waals surface area contributed by atoms with Gasteiger partial charge in [0.2, 0.25) is 5.91 Å². The molecule has 3 N–H and O–H groups in total. The molecular weight excluding hydrogens is 354 g/mol. The molecule has 140 valence electrons. The maximum atomic E-state index is 12.4. The third-order valence-corrected chi connectivity index (χ3v) is 5.25. The van der Waals surface area contributed by atoms with Crippen molar-refractivity contribution in [1.29, 1.82) is 0 Å². The zero-order chi connectivity index (χ0) is 18.5. The van der Waals surface area contributed by atoms with Crippen molar-refractivity contribution in [1.82, 2.24) is 4.98 Å². The topological polar surface area (TPSA) is 95.7 Å². The molecule has 7 nitrogen and oxygen atoms in total. The van der Waals surface area contributed by atoms with E-state index >= 15 is 0 Å². The summed E-state index contributed by atoms with van der Waals surface area (Å²) in [7, 11) is 3.18. The van der Waals surface area contributed by atoms with Crippen molar-refractivity contribution in [3.63, 3.8) is 0 Å². The van der Waals surface area contributed by atoms with E-state index < -0.39 is 6.04 Å². The van der Waals surface area contributed by atoms with Crippen LogP contribution in [0.5, 0.6) is 11.5 Å². The number of rotatable bonds is 6. The van der Waals surface area contributed by atoms with Crippen molar-refractivity contribution < 1.29 is 19.0 Å². The van der Waals surface area contributed by atoms with Gasteiger partial charge in [0, 0.05) is 24.2 Å². The number of thiazole rings is 1. The van der Waals surface area contributed by atoms with Gasteiger partial charge in [0.05, 0.1) is 26.0 Å². The molecule has 1 atom stereocenters. The number of carbonyl (C=O) groups excluding carboxylic acids is 1. The van der Waals surface area contributed by atoms with Gasteiger partial charge in [-0.05, 0) is 37.0 Å². The van der Waals surface area contributed by atoms with E-state index in [0.29, 0.717) is 29.8 Å². The lowest BCUT2D eigenvalue weighted by molar-refractivity contribution is -0.119. The summed E-state index contributed by atoms with van der Waals surface area (Å²) >= 11 is 1.36. The van der Waals surface area contributed by atoms with Crippen LogP contribution in [0.1, 0.15) is 12.8 Å². The monoisotopic (exact) mass is 377 g/mol. The van der Waals surface area contributed by atoms with Crippen molar-refractivity contribution in [3.8, 4) is 22.8 Å². The summed E-state index contributed by atoms with van der Waals surface area (Å²) in [6.07, 6.45) is 1.62. The Morgan fingerprint density at radius 3 is 2.73 bits per heavy atom. The van der Waals surface area contributed by atoms with E-state index in [1.54, 1.807) is 14.2 Å². The van der Waals surface area contributed by atoms with Crippen LogP contribution >= 0.6 is 11.3 Å². The summed E-state index contributed by atoms with van der Waals surface area (Å²) in [6, 6.07) is 5.03. The molecule has 1 fully saturated rings. The molecule has 26 heavy (non-hydrogen) atoms. The Kier molecular flexibility index (Phi) is 6.08. The van der Waals surface area contributed by atoms with Crippen molar-refractivity contribution in [2.75, 3.05) is 32.8 Å². The van der Waals surface area contributed by atoms with Gasteiger partial charge in [-0.1, -0.05) is 0 Å². The number of aromatic nitrogens is 1. The van der Waals surface area contributed by atoms with Gasteiger partial charge < -0.3 is 25.3 Å². The number of carbonyl (C=O) groups is 1. The first kappa shape index (κ1) is 18.6. The summed E-state index contributed by atoms with van der Waals surface area (Å²) < 4.78 is 15.9. The highest BCUT2D eigenvalue weighted by Crippen LogP contribution is 2.33. The van der Waals surface area contributed by atoms with Crippen LogP contribution in [0.15, 0.2) is 23.6 Å². The summed E-state index contributed by atoms with van der Waals surface area (Å²) in [4.78, 5) is 16.9. The van der Waals surface area contributed by atoms with E-state index in [-0.39, 0.29) is 11.8 Å². The van der Waals surface area contributed by atoms with Crippen LogP contribution in [0.25, 0.3) is 11.3 Å². The van der Waals surface area contributed by atoms with Crippen LogP contribution in [0.2, 0.25) is 0 Å². The van der Waals surface area contributed by atoms with Crippen LogP contribution < -0.4 is 20.5 Å². The Labute approximate surface area is 156 Å². The Hall–Kier alpha value is -2.16. The first-order chi connectivity index (χ1) is 12.6. The van der Waals surface area contributed by atoms with E-state index in [4.69, 9.17) is 19.9 Å². The molecule has 3 rings (SSSR count). The Morgan fingerprint density at radius 1 is 1.31 bits per heavy atom. The van der Waals surface area contributed by atoms with Gasteiger partial charge in [-0.2, -0.15) is 0 Å². The van der Waals surface area contributed by atoms with E-state index in [1.165, 1.54) is 11.3 Å².